The molecule has 112 valence electrons. The highest BCUT2D eigenvalue weighted by Crippen LogP contribution is 2.34. The van der Waals surface area contributed by atoms with Gasteiger partial charge < -0.3 is 5.11 Å². The number of thioether (sulfide) groups is 1. The molecule has 1 aliphatic heterocycles. The molecule has 0 unspecified atom stereocenters. The molecule has 1 aliphatic rings. The first-order valence-electron chi connectivity index (χ1n) is 6.90. The summed E-state index contributed by atoms with van der Waals surface area (Å²) in [6.45, 7) is 2.39. The number of rotatable bonds is 3. The van der Waals surface area contributed by atoms with Crippen molar-refractivity contribution in [1.29, 1.82) is 0 Å². The Morgan fingerprint density at radius 1 is 1.33 bits per heavy atom. The number of hydrogen-bond donors (Lipinski definition) is 1. The highest BCUT2D eigenvalue weighted by Gasteiger charge is 2.22. The quantitative estimate of drug-likeness (QED) is 0.934. The lowest BCUT2D eigenvalue weighted by Gasteiger charge is -2.19. The van der Waals surface area contributed by atoms with Gasteiger partial charge in [-0.25, -0.2) is 9.18 Å². The Balaban J connectivity index is 2.02. The number of fused-ring (bicyclic) bond motifs is 1. The Morgan fingerprint density at radius 3 is 3.00 bits per heavy atom. The van der Waals surface area contributed by atoms with Crippen molar-refractivity contribution in [3.05, 3.63) is 34.5 Å². The molecule has 0 spiro atoms. The topological polar surface area (TPSA) is 40.5 Å². The fourth-order valence-electron chi connectivity index (χ4n) is 2.67. The lowest BCUT2D eigenvalue weighted by Crippen LogP contribution is -2.26. The number of thiophene rings is 1. The van der Waals surface area contributed by atoms with Crippen LogP contribution in [0.4, 0.5) is 4.39 Å². The van der Waals surface area contributed by atoms with E-state index >= 15 is 0 Å². The molecule has 2 heterocycles. The van der Waals surface area contributed by atoms with Gasteiger partial charge in [0.25, 0.3) is 0 Å². The van der Waals surface area contributed by atoms with Crippen LogP contribution in [-0.4, -0.2) is 40.6 Å². The van der Waals surface area contributed by atoms with E-state index in [0.717, 1.165) is 31.0 Å². The average Bonchev–Trinajstić information content (AvgIpc) is 2.64. The molecule has 0 atom stereocenters. The van der Waals surface area contributed by atoms with Gasteiger partial charge in [-0.2, -0.15) is 11.8 Å². The van der Waals surface area contributed by atoms with Crippen LogP contribution in [0, 0.1) is 5.82 Å². The van der Waals surface area contributed by atoms with Crippen LogP contribution in [0.1, 0.15) is 21.7 Å². The zero-order valence-corrected chi connectivity index (χ0v) is 13.1. The fraction of sp³-hybridized carbons (Fsp3) is 0.400. The number of nitrogens with zero attached hydrogens (tertiary/aromatic N) is 1. The second-order valence-corrected chi connectivity index (χ2v) is 7.35. The third-order valence-corrected chi connectivity index (χ3v) is 5.89. The zero-order valence-electron chi connectivity index (χ0n) is 11.5. The Labute approximate surface area is 130 Å². The first kappa shape index (κ1) is 14.8. The summed E-state index contributed by atoms with van der Waals surface area (Å²) in [5.74, 6) is 0.902. The third kappa shape index (κ3) is 3.07. The Bertz CT molecular complexity index is 663. The summed E-state index contributed by atoms with van der Waals surface area (Å²) < 4.78 is 14.9. The summed E-state index contributed by atoms with van der Waals surface area (Å²) in [7, 11) is 0. The van der Waals surface area contributed by atoms with Gasteiger partial charge in [0.15, 0.2) is 0 Å². The van der Waals surface area contributed by atoms with Crippen LogP contribution < -0.4 is 0 Å². The zero-order chi connectivity index (χ0) is 14.8. The van der Waals surface area contributed by atoms with E-state index in [1.807, 2.05) is 11.8 Å². The lowest BCUT2D eigenvalue weighted by atomic mass is 10.1. The molecule has 6 heteroatoms. The first-order chi connectivity index (χ1) is 10.2. The van der Waals surface area contributed by atoms with Crippen molar-refractivity contribution >= 4 is 39.2 Å². The van der Waals surface area contributed by atoms with E-state index in [4.69, 9.17) is 0 Å². The number of benzene rings is 1. The van der Waals surface area contributed by atoms with Crippen molar-refractivity contribution < 1.29 is 14.3 Å². The van der Waals surface area contributed by atoms with Crippen molar-refractivity contribution in [2.75, 3.05) is 24.6 Å². The van der Waals surface area contributed by atoms with Gasteiger partial charge in [-0.05, 0) is 30.9 Å². The minimum absolute atomic E-state index is 0.270. The molecule has 1 aromatic carbocycles. The maximum Gasteiger partial charge on any atom is 0.346 e. The van der Waals surface area contributed by atoms with E-state index in [9.17, 15) is 14.3 Å². The summed E-state index contributed by atoms with van der Waals surface area (Å²) in [6, 6.07) is 4.83. The van der Waals surface area contributed by atoms with E-state index < -0.39 is 5.97 Å². The first-order valence-corrected chi connectivity index (χ1v) is 8.87. The molecule has 0 saturated carbocycles. The van der Waals surface area contributed by atoms with Gasteiger partial charge in [-0.3, -0.25) is 4.90 Å². The summed E-state index contributed by atoms with van der Waals surface area (Å²) >= 11 is 3.09. The molecule has 3 nitrogen and oxygen atoms in total. The number of aromatic carboxylic acids is 1. The van der Waals surface area contributed by atoms with Crippen molar-refractivity contribution in [2.45, 2.75) is 13.0 Å². The normalized spacial score (nSPS) is 17.0. The van der Waals surface area contributed by atoms with E-state index in [2.05, 4.69) is 4.90 Å². The second-order valence-electron chi connectivity index (χ2n) is 5.07. The second kappa shape index (κ2) is 6.34. The number of carbonyl (C=O) groups is 1. The van der Waals surface area contributed by atoms with Crippen molar-refractivity contribution in [3.8, 4) is 0 Å². The maximum absolute atomic E-state index is 14.1. The molecule has 1 N–H and O–H groups in total. The van der Waals surface area contributed by atoms with Gasteiger partial charge in [0.2, 0.25) is 0 Å². The predicted molar refractivity (Wildman–Crippen MR) is 86.0 cm³/mol. The molecule has 3 rings (SSSR count). The average molecular weight is 325 g/mol. The minimum atomic E-state index is -0.963. The van der Waals surface area contributed by atoms with Crippen LogP contribution in [-0.2, 0) is 6.54 Å². The largest absolute Gasteiger partial charge is 0.477 e. The lowest BCUT2D eigenvalue weighted by molar-refractivity contribution is 0.0700. The SMILES string of the molecule is O=C(O)c1sc2cccc(F)c2c1CN1CCCSCC1. The minimum Gasteiger partial charge on any atom is -0.477 e. The summed E-state index contributed by atoms with van der Waals surface area (Å²) in [6.07, 6.45) is 1.09. The van der Waals surface area contributed by atoms with Crippen molar-refractivity contribution in [3.63, 3.8) is 0 Å². The summed E-state index contributed by atoms with van der Waals surface area (Å²) in [4.78, 5) is 14.0. The molecule has 1 aromatic heterocycles. The van der Waals surface area contributed by atoms with Crippen LogP contribution in [0.2, 0.25) is 0 Å². The molecule has 1 saturated heterocycles. The maximum atomic E-state index is 14.1. The fourth-order valence-corrected chi connectivity index (χ4v) is 4.66. The van der Waals surface area contributed by atoms with Crippen molar-refractivity contribution in [1.82, 2.24) is 4.90 Å². The molecule has 0 aliphatic carbocycles. The van der Waals surface area contributed by atoms with E-state index in [-0.39, 0.29) is 10.7 Å². The number of halogens is 1. The van der Waals surface area contributed by atoms with Crippen molar-refractivity contribution in [2.24, 2.45) is 0 Å². The molecular weight excluding hydrogens is 309 g/mol. The number of carboxylic acids is 1. The van der Waals surface area contributed by atoms with Gasteiger partial charge in [-0.15, -0.1) is 11.3 Å². The Morgan fingerprint density at radius 2 is 2.19 bits per heavy atom. The van der Waals surface area contributed by atoms with Crippen LogP contribution in [0.25, 0.3) is 10.1 Å². The van der Waals surface area contributed by atoms with Gasteiger partial charge in [0, 0.05) is 34.5 Å². The predicted octanol–water partition coefficient (Wildman–Crippen LogP) is 3.68. The van der Waals surface area contributed by atoms with E-state index in [1.54, 1.807) is 12.1 Å². The molecule has 0 radical (unpaired) electrons. The molecular formula is C15H16FNO2S2. The van der Waals surface area contributed by atoms with E-state index in [0.29, 0.717) is 22.2 Å². The molecule has 0 amide bonds. The highest BCUT2D eigenvalue weighted by molar-refractivity contribution is 7.99. The Kier molecular flexibility index (Phi) is 4.47. The smallest absolute Gasteiger partial charge is 0.346 e. The third-order valence-electron chi connectivity index (χ3n) is 3.65. The molecule has 0 bridgehead atoms. The summed E-state index contributed by atoms with van der Waals surface area (Å²) in [5, 5.41) is 9.89. The van der Waals surface area contributed by atoms with Gasteiger partial charge in [-0.1, -0.05) is 6.07 Å². The van der Waals surface area contributed by atoms with Gasteiger partial charge in [0.05, 0.1) is 0 Å². The Hall–Kier alpha value is -1.11. The van der Waals surface area contributed by atoms with E-state index in [1.165, 1.54) is 17.4 Å². The summed E-state index contributed by atoms with van der Waals surface area (Å²) in [5.41, 5.74) is 0.632. The number of carboxylic acid groups (broad SMARTS) is 1. The van der Waals surface area contributed by atoms with Gasteiger partial charge in [0.1, 0.15) is 10.7 Å². The standard InChI is InChI=1S/C15H16FNO2S2/c16-11-3-1-4-12-13(11)10(14(21-12)15(18)19)9-17-5-2-7-20-8-6-17/h1,3-4H,2,5-9H2,(H,18,19). The van der Waals surface area contributed by atoms with Gasteiger partial charge >= 0.3 is 5.97 Å². The van der Waals surface area contributed by atoms with Crippen LogP contribution in [0.15, 0.2) is 18.2 Å². The van der Waals surface area contributed by atoms with Crippen LogP contribution in [0.5, 0.6) is 0 Å². The van der Waals surface area contributed by atoms with Crippen LogP contribution in [0.3, 0.4) is 0 Å². The molecule has 1 fully saturated rings. The monoisotopic (exact) mass is 325 g/mol. The highest BCUT2D eigenvalue weighted by atomic mass is 32.2. The molecule has 21 heavy (non-hydrogen) atoms. The van der Waals surface area contributed by atoms with Crippen LogP contribution >= 0.6 is 23.1 Å². The number of hydrogen-bond acceptors (Lipinski definition) is 4. The molecule has 2 aromatic rings.